The van der Waals surface area contributed by atoms with Crippen LogP contribution in [0.2, 0.25) is 0 Å². The second-order valence-corrected chi connectivity index (χ2v) is 6.21. The van der Waals surface area contributed by atoms with Gasteiger partial charge in [0.05, 0.1) is 12.5 Å². The normalized spacial score (nSPS) is 11.4. The Morgan fingerprint density at radius 3 is 2.63 bits per heavy atom. The Morgan fingerprint density at radius 2 is 2.00 bits per heavy atom. The van der Waals surface area contributed by atoms with E-state index in [0.717, 1.165) is 0 Å². The highest BCUT2D eigenvalue weighted by Gasteiger charge is 2.22. The zero-order valence-corrected chi connectivity index (χ0v) is 15.2. The van der Waals surface area contributed by atoms with Crippen molar-refractivity contribution in [2.75, 3.05) is 5.32 Å². The molecule has 2 amide bonds. The molecule has 0 saturated heterocycles. The van der Waals surface area contributed by atoms with Gasteiger partial charge in [-0.05, 0) is 43.7 Å². The van der Waals surface area contributed by atoms with Crippen molar-refractivity contribution in [3.05, 3.63) is 53.1 Å². The van der Waals surface area contributed by atoms with Crippen LogP contribution in [0.4, 0.5) is 10.1 Å². The molecule has 0 unspecified atom stereocenters. The number of aryl methyl sites for hydroxylation is 2. The molecule has 0 fully saturated rings. The summed E-state index contributed by atoms with van der Waals surface area (Å²) >= 11 is 0. The van der Waals surface area contributed by atoms with Gasteiger partial charge in [-0.2, -0.15) is 5.26 Å². The number of carbonyl (C=O) groups excluding carboxylic acids is 3. The number of rotatable bonds is 6. The van der Waals surface area contributed by atoms with E-state index in [2.05, 4.69) is 10.6 Å². The Morgan fingerprint density at radius 1 is 1.30 bits per heavy atom. The van der Waals surface area contributed by atoms with Gasteiger partial charge in [0.1, 0.15) is 11.5 Å². The maximum atomic E-state index is 13.3. The number of hydrogen-bond acceptors (Lipinski definition) is 4. The van der Waals surface area contributed by atoms with Crippen molar-refractivity contribution in [2.24, 2.45) is 7.05 Å². The van der Waals surface area contributed by atoms with Crippen molar-refractivity contribution in [3.8, 4) is 6.07 Å². The lowest BCUT2D eigenvalue weighted by molar-refractivity contribution is -0.117. The molecule has 0 aliphatic rings. The zero-order valence-electron chi connectivity index (χ0n) is 15.2. The summed E-state index contributed by atoms with van der Waals surface area (Å²) in [7, 11) is 1.57. The maximum Gasteiger partial charge on any atom is 0.292 e. The van der Waals surface area contributed by atoms with Crippen LogP contribution in [0.5, 0.6) is 0 Å². The number of carbonyl (C=O) groups is 3. The minimum atomic E-state index is -0.843. The van der Waals surface area contributed by atoms with Gasteiger partial charge in [-0.15, -0.1) is 0 Å². The molecule has 1 aromatic heterocycles. The first-order chi connectivity index (χ1) is 12.7. The molecule has 7 nitrogen and oxygen atoms in total. The molecule has 8 heteroatoms. The Hall–Kier alpha value is -3.47. The van der Waals surface area contributed by atoms with Crippen LogP contribution in [0.15, 0.2) is 30.5 Å². The summed E-state index contributed by atoms with van der Waals surface area (Å²) < 4.78 is 14.7. The highest BCUT2D eigenvalue weighted by molar-refractivity contribution is 6.43. The standard InChI is InChI=1S/C19H19FN4O3/c1-11-8-14(4-5-15(11)20)23-18(26)16-9-13(10-24(16)3)17(25)19(27)22-12(2)6-7-21/h4-5,8-10,12H,6H2,1-3H3,(H,22,27)(H,23,26)/t12-/m1/s1. The molecular formula is C19H19FN4O3. The first-order valence-corrected chi connectivity index (χ1v) is 8.19. The van der Waals surface area contributed by atoms with E-state index in [1.54, 1.807) is 20.9 Å². The largest absolute Gasteiger partial charge is 0.346 e. The van der Waals surface area contributed by atoms with Crippen LogP contribution in [0.25, 0.3) is 0 Å². The fourth-order valence-corrected chi connectivity index (χ4v) is 2.44. The number of anilines is 1. The van der Waals surface area contributed by atoms with Crippen LogP contribution in [0, 0.1) is 24.1 Å². The Bertz CT molecular complexity index is 943. The van der Waals surface area contributed by atoms with Crippen LogP contribution >= 0.6 is 0 Å². The number of nitrogens with one attached hydrogen (secondary N) is 2. The van der Waals surface area contributed by atoms with Gasteiger partial charge in [0.2, 0.25) is 0 Å². The van der Waals surface area contributed by atoms with E-state index in [9.17, 15) is 18.8 Å². The van der Waals surface area contributed by atoms with Gasteiger partial charge in [0.15, 0.2) is 0 Å². The Labute approximate surface area is 155 Å². The molecule has 2 N–H and O–H groups in total. The molecule has 1 aromatic carbocycles. The second kappa shape index (κ2) is 8.27. The molecule has 27 heavy (non-hydrogen) atoms. The highest BCUT2D eigenvalue weighted by Crippen LogP contribution is 2.16. The average molecular weight is 370 g/mol. The summed E-state index contributed by atoms with van der Waals surface area (Å²) in [5.74, 6) is -2.52. The minimum absolute atomic E-state index is 0.0552. The number of nitrogens with zero attached hydrogens (tertiary/aromatic N) is 2. The van der Waals surface area contributed by atoms with Crippen LogP contribution in [0.3, 0.4) is 0 Å². The third kappa shape index (κ3) is 4.79. The summed E-state index contributed by atoms with van der Waals surface area (Å²) in [6.45, 7) is 3.19. The molecule has 140 valence electrons. The van der Waals surface area contributed by atoms with Crippen molar-refractivity contribution < 1.29 is 18.8 Å². The lowest BCUT2D eigenvalue weighted by atomic mass is 10.1. The fourth-order valence-electron chi connectivity index (χ4n) is 2.44. The lowest BCUT2D eigenvalue weighted by Gasteiger charge is -2.08. The molecule has 2 aromatic rings. The minimum Gasteiger partial charge on any atom is -0.346 e. The number of benzene rings is 1. The highest BCUT2D eigenvalue weighted by atomic mass is 19.1. The molecule has 0 bridgehead atoms. The van der Waals surface area contributed by atoms with Crippen molar-refractivity contribution in [2.45, 2.75) is 26.3 Å². The molecule has 0 saturated carbocycles. The van der Waals surface area contributed by atoms with E-state index in [-0.39, 0.29) is 23.5 Å². The van der Waals surface area contributed by atoms with Gasteiger partial charge in [-0.3, -0.25) is 14.4 Å². The quantitative estimate of drug-likeness (QED) is 0.601. The Balaban J connectivity index is 2.13. The number of Topliss-reactive ketones (excluding diaryl/α,β-unsaturated/α-hetero) is 1. The van der Waals surface area contributed by atoms with E-state index < -0.39 is 23.6 Å². The van der Waals surface area contributed by atoms with Crippen molar-refractivity contribution >= 4 is 23.3 Å². The van der Waals surface area contributed by atoms with E-state index in [4.69, 9.17) is 5.26 Å². The topological polar surface area (TPSA) is 104 Å². The predicted molar refractivity (Wildman–Crippen MR) is 96.7 cm³/mol. The van der Waals surface area contributed by atoms with E-state index >= 15 is 0 Å². The molecule has 0 spiro atoms. The van der Waals surface area contributed by atoms with Crippen LogP contribution in [-0.4, -0.2) is 28.2 Å². The summed E-state index contributed by atoms with van der Waals surface area (Å²) in [4.78, 5) is 36.6. The van der Waals surface area contributed by atoms with E-state index in [1.807, 2.05) is 6.07 Å². The molecule has 1 heterocycles. The average Bonchev–Trinajstić information content (AvgIpc) is 2.99. The van der Waals surface area contributed by atoms with Gasteiger partial charge < -0.3 is 15.2 Å². The van der Waals surface area contributed by atoms with E-state index in [1.165, 1.54) is 35.0 Å². The van der Waals surface area contributed by atoms with Crippen LogP contribution in [0.1, 0.15) is 39.8 Å². The molecule has 0 radical (unpaired) electrons. The predicted octanol–water partition coefficient (Wildman–Crippen LogP) is 2.33. The van der Waals surface area contributed by atoms with Gasteiger partial charge in [-0.1, -0.05) is 0 Å². The summed E-state index contributed by atoms with van der Waals surface area (Å²) in [5.41, 5.74) is 1.02. The molecule has 0 aliphatic carbocycles. The number of ketones is 1. The lowest BCUT2D eigenvalue weighted by Crippen LogP contribution is -2.37. The third-order valence-corrected chi connectivity index (χ3v) is 3.90. The summed E-state index contributed by atoms with van der Waals surface area (Å²) in [6.07, 6.45) is 1.46. The van der Waals surface area contributed by atoms with Crippen LogP contribution < -0.4 is 10.6 Å². The van der Waals surface area contributed by atoms with Gasteiger partial charge in [0, 0.05) is 30.5 Å². The first kappa shape index (κ1) is 19.8. The van der Waals surface area contributed by atoms with Crippen molar-refractivity contribution in [1.29, 1.82) is 5.26 Å². The molecule has 2 rings (SSSR count). The summed E-state index contributed by atoms with van der Waals surface area (Å²) in [5, 5.41) is 13.7. The SMILES string of the molecule is Cc1cc(NC(=O)c2cc(C(=O)C(=O)N[C@H](C)CC#N)cn2C)ccc1F. The monoisotopic (exact) mass is 370 g/mol. The molecule has 1 atom stereocenters. The van der Waals surface area contributed by atoms with Crippen LogP contribution in [-0.2, 0) is 11.8 Å². The van der Waals surface area contributed by atoms with Gasteiger partial charge in [-0.25, -0.2) is 4.39 Å². The van der Waals surface area contributed by atoms with E-state index in [0.29, 0.717) is 11.3 Å². The van der Waals surface area contributed by atoms with Gasteiger partial charge in [0.25, 0.3) is 17.6 Å². The first-order valence-electron chi connectivity index (χ1n) is 8.19. The van der Waals surface area contributed by atoms with Crippen molar-refractivity contribution in [1.82, 2.24) is 9.88 Å². The third-order valence-electron chi connectivity index (χ3n) is 3.90. The summed E-state index contributed by atoms with van der Waals surface area (Å²) in [6, 6.07) is 6.92. The number of aromatic nitrogens is 1. The number of hydrogen-bond donors (Lipinski definition) is 2. The number of nitriles is 1. The smallest absolute Gasteiger partial charge is 0.292 e. The molecule has 0 aliphatic heterocycles. The Kier molecular flexibility index (Phi) is 6.08. The number of halogens is 1. The maximum absolute atomic E-state index is 13.3. The second-order valence-electron chi connectivity index (χ2n) is 6.21. The molecular weight excluding hydrogens is 351 g/mol. The fraction of sp³-hybridized carbons (Fsp3) is 0.263. The zero-order chi connectivity index (χ0) is 20.1. The number of amides is 2. The van der Waals surface area contributed by atoms with Gasteiger partial charge >= 0.3 is 0 Å². The van der Waals surface area contributed by atoms with Crippen molar-refractivity contribution in [3.63, 3.8) is 0 Å².